The molecule has 0 spiro atoms. The molecule has 1 unspecified atom stereocenters. The van der Waals surface area contributed by atoms with Crippen molar-refractivity contribution in [3.8, 4) is 22.3 Å². The van der Waals surface area contributed by atoms with Gasteiger partial charge in [-0.2, -0.15) is 0 Å². The summed E-state index contributed by atoms with van der Waals surface area (Å²) in [7, 11) is 0. The van der Waals surface area contributed by atoms with Crippen molar-refractivity contribution in [2.75, 3.05) is 5.73 Å². The lowest BCUT2D eigenvalue weighted by molar-refractivity contribution is 0.522. The number of pyridine rings is 1. The average molecular weight is 434 g/mol. The van der Waals surface area contributed by atoms with Crippen LogP contribution in [0.5, 0.6) is 0 Å². The molecule has 6 nitrogen and oxygen atoms in total. The van der Waals surface area contributed by atoms with Crippen molar-refractivity contribution >= 4 is 49.4 Å². The van der Waals surface area contributed by atoms with Crippen molar-refractivity contribution in [2.24, 2.45) is 0 Å². The van der Waals surface area contributed by atoms with E-state index in [1.54, 1.807) is 17.5 Å². The first-order chi connectivity index (χ1) is 14.6. The lowest BCUT2D eigenvalue weighted by Crippen LogP contribution is -2.15. The SMILES string of the molecule is Nc1ncc(-c2ccc(CNS(=O)[O-])cc2)c2scc(-c3ccc4[nH]ccc4c3)c12. The highest BCUT2D eigenvalue weighted by Crippen LogP contribution is 2.42. The van der Waals surface area contributed by atoms with Gasteiger partial charge in [0.25, 0.3) is 0 Å². The molecule has 4 N–H and O–H groups in total. The van der Waals surface area contributed by atoms with E-state index >= 15 is 0 Å². The Morgan fingerprint density at radius 1 is 1.10 bits per heavy atom. The van der Waals surface area contributed by atoms with Crippen LogP contribution < -0.4 is 10.5 Å². The number of rotatable bonds is 5. The molecule has 0 saturated heterocycles. The maximum Gasteiger partial charge on any atom is 0.132 e. The van der Waals surface area contributed by atoms with Crippen molar-refractivity contribution in [1.29, 1.82) is 0 Å². The van der Waals surface area contributed by atoms with E-state index in [1.807, 2.05) is 30.5 Å². The minimum atomic E-state index is -2.27. The summed E-state index contributed by atoms with van der Waals surface area (Å²) in [6.45, 7) is 0.260. The molecule has 0 aliphatic rings. The third-order valence-electron chi connectivity index (χ3n) is 5.15. The number of nitrogens with one attached hydrogen (secondary N) is 2. The summed E-state index contributed by atoms with van der Waals surface area (Å²) in [6, 6.07) is 16.1. The Kier molecular flexibility index (Phi) is 4.84. The predicted octanol–water partition coefficient (Wildman–Crippen LogP) is 4.58. The van der Waals surface area contributed by atoms with Gasteiger partial charge in [0.1, 0.15) is 5.82 Å². The Morgan fingerprint density at radius 3 is 2.70 bits per heavy atom. The highest BCUT2D eigenvalue weighted by molar-refractivity contribution is 7.77. The normalized spacial score (nSPS) is 12.6. The van der Waals surface area contributed by atoms with Crippen molar-refractivity contribution in [3.05, 3.63) is 71.9 Å². The molecule has 30 heavy (non-hydrogen) atoms. The third kappa shape index (κ3) is 3.40. The molecule has 2 aromatic carbocycles. The van der Waals surface area contributed by atoms with Gasteiger partial charge in [0.05, 0.1) is 0 Å². The second kappa shape index (κ2) is 7.66. The molecule has 5 aromatic rings. The molecule has 0 bridgehead atoms. The summed E-state index contributed by atoms with van der Waals surface area (Å²) in [5.74, 6) is 0.512. The number of H-pyrrole nitrogens is 1. The number of fused-ring (bicyclic) bond motifs is 2. The number of nitrogens with two attached hydrogens (primary N) is 1. The van der Waals surface area contributed by atoms with Gasteiger partial charge in [0, 0.05) is 56.9 Å². The van der Waals surface area contributed by atoms with Crippen molar-refractivity contribution < 1.29 is 8.76 Å². The minimum Gasteiger partial charge on any atom is -0.760 e. The van der Waals surface area contributed by atoms with E-state index in [2.05, 4.69) is 44.3 Å². The maximum atomic E-state index is 10.7. The summed E-state index contributed by atoms with van der Waals surface area (Å²) in [5.41, 5.74) is 12.5. The van der Waals surface area contributed by atoms with Crippen LogP contribution in [-0.4, -0.2) is 18.7 Å². The summed E-state index contributed by atoms with van der Waals surface area (Å²) < 4.78 is 24.8. The Hall–Kier alpha value is -3.04. The van der Waals surface area contributed by atoms with Crippen molar-refractivity contribution in [3.63, 3.8) is 0 Å². The van der Waals surface area contributed by atoms with E-state index in [4.69, 9.17) is 5.73 Å². The van der Waals surface area contributed by atoms with Crippen LogP contribution in [0.1, 0.15) is 5.56 Å². The van der Waals surface area contributed by atoms with Gasteiger partial charge >= 0.3 is 0 Å². The third-order valence-corrected chi connectivity index (χ3v) is 6.54. The van der Waals surface area contributed by atoms with Gasteiger partial charge in [0.2, 0.25) is 0 Å². The number of hydrogen-bond acceptors (Lipinski definition) is 5. The van der Waals surface area contributed by atoms with Gasteiger partial charge in [-0.15, -0.1) is 11.3 Å². The summed E-state index contributed by atoms with van der Waals surface area (Å²) in [4.78, 5) is 7.68. The number of hydrogen-bond donors (Lipinski definition) is 3. The van der Waals surface area contributed by atoms with Gasteiger partial charge in [-0.05, 0) is 45.7 Å². The van der Waals surface area contributed by atoms with Crippen LogP contribution in [0.15, 0.2) is 66.3 Å². The van der Waals surface area contributed by atoms with E-state index in [-0.39, 0.29) is 6.54 Å². The summed E-state index contributed by atoms with van der Waals surface area (Å²) in [5, 5.41) is 4.24. The molecule has 0 fully saturated rings. The van der Waals surface area contributed by atoms with E-state index in [1.165, 1.54) is 0 Å². The Balaban J connectivity index is 1.58. The zero-order valence-corrected chi connectivity index (χ0v) is 17.3. The Bertz CT molecular complexity index is 1390. The minimum absolute atomic E-state index is 0.260. The monoisotopic (exact) mass is 433 g/mol. The molecular weight excluding hydrogens is 416 g/mol. The average Bonchev–Trinajstić information content (AvgIpc) is 3.40. The topological polar surface area (TPSA) is 107 Å². The molecule has 3 heterocycles. The number of anilines is 1. The molecule has 5 rings (SSSR count). The molecule has 0 saturated carbocycles. The van der Waals surface area contributed by atoms with Gasteiger partial charge < -0.3 is 15.3 Å². The van der Waals surface area contributed by atoms with Gasteiger partial charge in [0.15, 0.2) is 0 Å². The van der Waals surface area contributed by atoms with Crippen LogP contribution in [0.25, 0.3) is 43.2 Å². The fraction of sp³-hybridized carbons (Fsp3) is 0.0455. The van der Waals surface area contributed by atoms with Crippen LogP contribution in [0.3, 0.4) is 0 Å². The second-order valence-electron chi connectivity index (χ2n) is 6.94. The molecule has 0 aliphatic heterocycles. The molecule has 0 aliphatic carbocycles. The van der Waals surface area contributed by atoms with E-state index in [0.717, 1.165) is 48.8 Å². The number of aromatic amines is 1. The fourth-order valence-electron chi connectivity index (χ4n) is 3.65. The van der Waals surface area contributed by atoms with Crippen molar-refractivity contribution in [1.82, 2.24) is 14.7 Å². The molecule has 150 valence electrons. The standard InChI is InChI=1S/C22H18N4O2S2/c23-22-20-18(15-5-6-19-16(9-15)7-8-24-19)12-29-21(20)17(11-25-22)14-3-1-13(2-4-14)10-26-30(27)28/h1-9,11-12,24,26H,10H2,(H2,23,25)(H,27,28)/p-1. The molecule has 0 amide bonds. The zero-order chi connectivity index (χ0) is 20.7. The maximum absolute atomic E-state index is 10.7. The molecule has 1 atom stereocenters. The van der Waals surface area contributed by atoms with Gasteiger partial charge in [-0.3, -0.25) is 4.21 Å². The highest BCUT2D eigenvalue weighted by Gasteiger charge is 2.15. The molecule has 8 heteroatoms. The first-order valence-electron chi connectivity index (χ1n) is 9.25. The van der Waals surface area contributed by atoms with E-state index < -0.39 is 11.3 Å². The highest BCUT2D eigenvalue weighted by atomic mass is 32.2. The van der Waals surface area contributed by atoms with Crippen LogP contribution >= 0.6 is 11.3 Å². The van der Waals surface area contributed by atoms with Crippen LogP contribution in [-0.2, 0) is 17.8 Å². The van der Waals surface area contributed by atoms with Gasteiger partial charge in [-0.25, -0.2) is 9.71 Å². The van der Waals surface area contributed by atoms with Crippen LogP contribution in [0.4, 0.5) is 5.82 Å². The number of nitrogens with zero attached hydrogens (tertiary/aromatic N) is 1. The zero-order valence-electron chi connectivity index (χ0n) is 15.7. The quantitative estimate of drug-likeness (QED) is 0.353. The van der Waals surface area contributed by atoms with Crippen molar-refractivity contribution in [2.45, 2.75) is 6.54 Å². The summed E-state index contributed by atoms with van der Waals surface area (Å²) in [6.07, 6.45) is 3.73. The van der Waals surface area contributed by atoms with E-state index in [0.29, 0.717) is 5.82 Å². The van der Waals surface area contributed by atoms with Crippen LogP contribution in [0, 0.1) is 0 Å². The van der Waals surface area contributed by atoms with Crippen LogP contribution in [0.2, 0.25) is 0 Å². The lowest BCUT2D eigenvalue weighted by Gasteiger charge is -2.09. The number of thiophene rings is 1. The Morgan fingerprint density at radius 2 is 1.90 bits per heavy atom. The number of aromatic nitrogens is 2. The predicted molar refractivity (Wildman–Crippen MR) is 123 cm³/mol. The molecular formula is C22H17N4O2S2-. The number of nitrogen functional groups attached to an aromatic ring is 1. The summed E-state index contributed by atoms with van der Waals surface area (Å²) >= 11 is -0.626. The fourth-order valence-corrected chi connectivity index (χ4v) is 5.06. The number of benzene rings is 2. The van der Waals surface area contributed by atoms with Gasteiger partial charge in [-0.1, -0.05) is 30.3 Å². The largest absolute Gasteiger partial charge is 0.760 e. The Labute approximate surface area is 179 Å². The molecule has 0 radical (unpaired) electrons. The first-order valence-corrected chi connectivity index (χ1v) is 11.2. The second-order valence-corrected chi connectivity index (χ2v) is 8.58. The molecule has 3 aromatic heterocycles. The first kappa shape index (κ1) is 19.0. The van der Waals surface area contributed by atoms with E-state index in [9.17, 15) is 8.76 Å². The smallest absolute Gasteiger partial charge is 0.132 e. The lowest BCUT2D eigenvalue weighted by atomic mass is 10.00.